The predicted octanol–water partition coefficient (Wildman–Crippen LogP) is 5.11. The summed E-state index contributed by atoms with van der Waals surface area (Å²) in [4.78, 5) is 3.74. The second-order valence-electron chi connectivity index (χ2n) is 6.66. The van der Waals surface area contributed by atoms with Crippen LogP contribution in [0.2, 0.25) is 5.02 Å². The minimum atomic E-state index is -0.222. The smallest absolute Gasteiger partial charge is 0.162 e. The van der Waals surface area contributed by atoms with Crippen LogP contribution in [0.25, 0.3) is 0 Å². The van der Waals surface area contributed by atoms with E-state index < -0.39 is 0 Å². The van der Waals surface area contributed by atoms with Gasteiger partial charge in [0.25, 0.3) is 0 Å². The molecule has 3 nitrogen and oxygen atoms in total. The number of hydrogen-bond donors (Lipinski definition) is 0. The molecule has 5 heteroatoms. The Balaban J connectivity index is 1.64. The van der Waals surface area contributed by atoms with Crippen molar-refractivity contribution < 1.29 is 9.47 Å². The summed E-state index contributed by atoms with van der Waals surface area (Å²) in [5, 5.41) is 0.649. The van der Waals surface area contributed by atoms with E-state index in [1.54, 1.807) is 24.9 Å². The van der Waals surface area contributed by atoms with Gasteiger partial charge in [-0.05, 0) is 43.0 Å². The first-order chi connectivity index (χ1) is 12.0. The van der Waals surface area contributed by atoms with E-state index in [1.807, 2.05) is 12.1 Å². The fourth-order valence-electron chi connectivity index (χ4n) is 3.22. The van der Waals surface area contributed by atoms with Gasteiger partial charge >= 0.3 is 0 Å². The Morgan fingerprint density at radius 2 is 1.92 bits per heavy atom. The molecule has 1 unspecified atom stereocenters. The largest absolute Gasteiger partial charge is 0.493 e. The molecule has 1 fully saturated rings. The van der Waals surface area contributed by atoms with Crippen molar-refractivity contribution in [2.24, 2.45) is 0 Å². The van der Waals surface area contributed by atoms with Gasteiger partial charge < -0.3 is 9.47 Å². The third-order valence-corrected chi connectivity index (χ3v) is 5.54. The lowest BCUT2D eigenvalue weighted by Gasteiger charge is -2.27. The Hall–Kier alpha value is -1.36. The maximum absolute atomic E-state index is 6.32. The van der Waals surface area contributed by atoms with Crippen LogP contribution >= 0.6 is 23.4 Å². The summed E-state index contributed by atoms with van der Waals surface area (Å²) < 4.78 is 11.7. The molecule has 134 valence electrons. The van der Waals surface area contributed by atoms with E-state index in [1.165, 1.54) is 10.5 Å². The zero-order valence-electron chi connectivity index (χ0n) is 14.9. The Kier molecular flexibility index (Phi) is 5.82. The van der Waals surface area contributed by atoms with Crippen LogP contribution in [-0.4, -0.2) is 37.0 Å². The molecule has 1 atom stereocenters. The molecule has 0 N–H and O–H groups in total. The monoisotopic (exact) mass is 377 g/mol. The molecular formula is C20H24ClNO2S. The van der Waals surface area contributed by atoms with Crippen LogP contribution in [-0.2, 0) is 6.54 Å². The molecule has 0 radical (unpaired) electrons. The number of ether oxygens (including phenoxy) is 2. The van der Waals surface area contributed by atoms with E-state index in [0.29, 0.717) is 10.8 Å². The molecule has 0 saturated carbocycles. The summed E-state index contributed by atoms with van der Waals surface area (Å²) in [5.41, 5.74) is 1.12. The van der Waals surface area contributed by atoms with Gasteiger partial charge in [-0.25, -0.2) is 0 Å². The van der Waals surface area contributed by atoms with Crippen molar-refractivity contribution >= 4 is 23.4 Å². The summed E-state index contributed by atoms with van der Waals surface area (Å²) in [5.74, 6) is 1.43. The Labute approximate surface area is 159 Å². The van der Waals surface area contributed by atoms with Crippen molar-refractivity contribution in [1.29, 1.82) is 0 Å². The van der Waals surface area contributed by atoms with Crippen molar-refractivity contribution in [1.82, 2.24) is 4.90 Å². The fourth-order valence-corrected chi connectivity index (χ4v) is 3.79. The van der Waals surface area contributed by atoms with Crippen molar-refractivity contribution in [3.05, 3.63) is 53.1 Å². The number of halogens is 1. The summed E-state index contributed by atoms with van der Waals surface area (Å²) in [6, 6.07) is 14.3. The van der Waals surface area contributed by atoms with Gasteiger partial charge in [-0.1, -0.05) is 23.7 Å². The average Bonchev–Trinajstić information content (AvgIpc) is 2.97. The van der Waals surface area contributed by atoms with Gasteiger partial charge in [-0.15, -0.1) is 11.8 Å². The lowest BCUT2D eigenvalue weighted by molar-refractivity contribution is 0.0912. The molecule has 0 bridgehead atoms. The maximum Gasteiger partial charge on any atom is 0.162 e. The molecule has 1 aliphatic rings. The Morgan fingerprint density at radius 3 is 2.60 bits per heavy atom. The van der Waals surface area contributed by atoms with Crippen LogP contribution in [0.5, 0.6) is 11.5 Å². The number of nitrogens with zero attached hydrogens (tertiary/aromatic N) is 1. The topological polar surface area (TPSA) is 21.7 Å². The normalized spacial score (nSPS) is 20.6. The second-order valence-corrected chi connectivity index (χ2v) is 7.97. The van der Waals surface area contributed by atoms with Crippen LogP contribution < -0.4 is 9.47 Å². The lowest BCUT2D eigenvalue weighted by Crippen LogP contribution is -2.36. The first-order valence-electron chi connectivity index (χ1n) is 8.39. The molecule has 0 amide bonds. The third kappa shape index (κ3) is 4.63. The fraction of sp³-hybridized carbons (Fsp3) is 0.400. The van der Waals surface area contributed by atoms with E-state index in [9.17, 15) is 0 Å². The Bertz CT molecular complexity index is 722. The SMILES string of the molecule is COc1cc(Cl)ccc1OC1(C)CCN(Cc2ccc(SC)cc2)C1. The highest BCUT2D eigenvalue weighted by molar-refractivity contribution is 7.98. The van der Waals surface area contributed by atoms with Gasteiger partial charge in [0.1, 0.15) is 5.60 Å². The molecule has 2 aromatic carbocycles. The standard InChI is InChI=1S/C20H24ClNO2S/c1-20(24-18-9-6-16(21)12-19(18)23-2)10-11-22(14-20)13-15-4-7-17(25-3)8-5-15/h4-9,12H,10-11,13-14H2,1-3H3. The van der Waals surface area contributed by atoms with Crippen LogP contribution in [0.1, 0.15) is 18.9 Å². The minimum Gasteiger partial charge on any atom is -0.493 e. The highest BCUT2D eigenvalue weighted by Gasteiger charge is 2.36. The minimum absolute atomic E-state index is 0.222. The molecule has 0 aromatic heterocycles. The molecule has 0 spiro atoms. The van der Waals surface area contributed by atoms with Crippen molar-refractivity contribution in [3.8, 4) is 11.5 Å². The van der Waals surface area contributed by atoms with Gasteiger partial charge in [0.2, 0.25) is 0 Å². The number of methoxy groups -OCH3 is 1. The molecule has 0 aliphatic carbocycles. The highest BCUT2D eigenvalue weighted by atomic mass is 35.5. The van der Waals surface area contributed by atoms with E-state index >= 15 is 0 Å². The number of likely N-dealkylation sites (tertiary alicyclic amines) is 1. The summed E-state index contributed by atoms with van der Waals surface area (Å²) >= 11 is 7.81. The molecular weight excluding hydrogens is 354 g/mol. The van der Waals surface area contributed by atoms with Gasteiger partial charge in [0.05, 0.1) is 7.11 Å². The van der Waals surface area contributed by atoms with Crippen molar-refractivity contribution in [2.75, 3.05) is 26.5 Å². The van der Waals surface area contributed by atoms with Crippen LogP contribution in [0.3, 0.4) is 0 Å². The number of hydrogen-bond acceptors (Lipinski definition) is 4. The van der Waals surface area contributed by atoms with Gasteiger partial charge in [0, 0.05) is 42.0 Å². The lowest BCUT2D eigenvalue weighted by atomic mass is 10.1. The zero-order valence-corrected chi connectivity index (χ0v) is 16.5. The van der Waals surface area contributed by atoms with Crippen molar-refractivity contribution in [2.45, 2.75) is 30.4 Å². The number of thioether (sulfide) groups is 1. The first-order valence-corrected chi connectivity index (χ1v) is 9.99. The molecule has 1 aliphatic heterocycles. The van der Waals surface area contributed by atoms with Crippen LogP contribution in [0.4, 0.5) is 0 Å². The predicted molar refractivity (Wildman–Crippen MR) is 105 cm³/mol. The summed E-state index contributed by atoms with van der Waals surface area (Å²) in [7, 11) is 1.64. The van der Waals surface area contributed by atoms with Crippen molar-refractivity contribution in [3.63, 3.8) is 0 Å². The highest BCUT2D eigenvalue weighted by Crippen LogP contribution is 2.36. The van der Waals surface area contributed by atoms with E-state index in [2.05, 4.69) is 42.3 Å². The second kappa shape index (κ2) is 7.90. The molecule has 2 aromatic rings. The molecule has 1 heterocycles. The molecule has 1 saturated heterocycles. The zero-order chi connectivity index (χ0) is 17.9. The van der Waals surface area contributed by atoms with Gasteiger partial charge in [-0.3, -0.25) is 4.90 Å². The number of benzene rings is 2. The Morgan fingerprint density at radius 1 is 1.16 bits per heavy atom. The van der Waals surface area contributed by atoms with Crippen LogP contribution in [0.15, 0.2) is 47.4 Å². The third-order valence-electron chi connectivity index (χ3n) is 4.56. The van der Waals surface area contributed by atoms with E-state index in [0.717, 1.165) is 31.8 Å². The first kappa shape index (κ1) is 18.4. The van der Waals surface area contributed by atoms with E-state index in [-0.39, 0.29) is 5.60 Å². The quantitative estimate of drug-likeness (QED) is 0.652. The maximum atomic E-state index is 6.32. The molecule has 25 heavy (non-hydrogen) atoms. The van der Waals surface area contributed by atoms with Gasteiger partial charge in [0.15, 0.2) is 11.5 Å². The summed E-state index contributed by atoms with van der Waals surface area (Å²) in [6.07, 6.45) is 3.09. The van der Waals surface area contributed by atoms with Crippen LogP contribution in [0, 0.1) is 0 Å². The summed E-state index contributed by atoms with van der Waals surface area (Å²) in [6.45, 7) is 5.03. The van der Waals surface area contributed by atoms with Gasteiger partial charge in [-0.2, -0.15) is 0 Å². The average molecular weight is 378 g/mol. The molecule has 3 rings (SSSR count). The van der Waals surface area contributed by atoms with E-state index in [4.69, 9.17) is 21.1 Å². The number of rotatable bonds is 6.